The first-order chi connectivity index (χ1) is 14.3. The van der Waals surface area contributed by atoms with E-state index in [-0.39, 0.29) is 0 Å². The Hall–Kier alpha value is -2.43. The molecular formula is C25H32F2O3. The maximum atomic E-state index is 14.0. The average Bonchev–Trinajstić information content (AvgIpc) is 2.69. The first kappa shape index (κ1) is 23.8. The number of ketones is 1. The summed E-state index contributed by atoms with van der Waals surface area (Å²) in [5.74, 6) is -1.01. The van der Waals surface area contributed by atoms with E-state index in [1.807, 2.05) is 41.5 Å². The van der Waals surface area contributed by atoms with E-state index in [9.17, 15) is 13.6 Å². The van der Waals surface area contributed by atoms with E-state index in [1.165, 1.54) is 0 Å². The van der Waals surface area contributed by atoms with Gasteiger partial charge in [-0.2, -0.15) is 0 Å². The minimum absolute atomic E-state index is 0.453. The zero-order chi connectivity index (χ0) is 22.4. The van der Waals surface area contributed by atoms with Gasteiger partial charge in [0.15, 0.2) is 5.78 Å². The van der Waals surface area contributed by atoms with Gasteiger partial charge in [0, 0.05) is 0 Å². The van der Waals surface area contributed by atoms with E-state index in [4.69, 9.17) is 9.47 Å². The van der Waals surface area contributed by atoms with Crippen LogP contribution in [0.2, 0.25) is 0 Å². The molecule has 2 aromatic rings. The molecule has 3 nitrogen and oxygen atoms in total. The molecule has 2 unspecified atom stereocenters. The van der Waals surface area contributed by atoms with Crippen molar-refractivity contribution in [3.8, 4) is 11.5 Å². The fourth-order valence-electron chi connectivity index (χ4n) is 4.02. The Bertz CT molecular complexity index is 774. The lowest BCUT2D eigenvalue weighted by molar-refractivity contribution is -0.122. The van der Waals surface area contributed by atoms with E-state index < -0.39 is 31.0 Å². The third-order valence-corrected chi connectivity index (χ3v) is 5.34. The molecule has 0 amide bonds. The molecule has 0 radical (unpaired) electrons. The molecule has 0 fully saturated rings. The number of hydrogen-bond donors (Lipinski definition) is 0. The molecule has 0 aliphatic rings. The van der Waals surface area contributed by atoms with Crippen LogP contribution in [0, 0.1) is 27.7 Å². The minimum Gasteiger partial charge on any atom is -0.493 e. The predicted molar refractivity (Wildman–Crippen MR) is 117 cm³/mol. The summed E-state index contributed by atoms with van der Waals surface area (Å²) < 4.78 is 39.4. The van der Waals surface area contributed by atoms with Gasteiger partial charge in [0.1, 0.15) is 24.8 Å². The van der Waals surface area contributed by atoms with Crippen molar-refractivity contribution in [2.45, 2.75) is 53.4 Å². The van der Waals surface area contributed by atoms with Crippen LogP contribution in [0.5, 0.6) is 11.5 Å². The normalized spacial score (nSPS) is 13.1. The molecule has 5 heteroatoms. The zero-order valence-electron chi connectivity index (χ0n) is 18.8. The molecule has 0 saturated heterocycles. The summed E-state index contributed by atoms with van der Waals surface area (Å²) in [4.78, 5) is 13.2. The lowest BCUT2D eigenvalue weighted by Gasteiger charge is -2.22. The predicted octanol–water partition coefficient (Wildman–Crippen LogP) is 6.09. The lowest BCUT2D eigenvalue weighted by atomic mass is 9.83. The first-order valence-electron chi connectivity index (χ1n) is 10.4. The average molecular weight is 419 g/mol. The van der Waals surface area contributed by atoms with Crippen LogP contribution in [0.1, 0.15) is 59.1 Å². The maximum Gasteiger partial charge on any atom is 0.153 e. The third kappa shape index (κ3) is 5.00. The van der Waals surface area contributed by atoms with E-state index in [2.05, 4.69) is 0 Å². The van der Waals surface area contributed by atoms with E-state index in [0.717, 1.165) is 33.8 Å². The molecule has 0 aliphatic heterocycles. The first-order valence-corrected chi connectivity index (χ1v) is 10.4. The van der Waals surface area contributed by atoms with Crippen molar-refractivity contribution in [3.63, 3.8) is 0 Å². The fourth-order valence-corrected chi connectivity index (χ4v) is 4.02. The van der Waals surface area contributed by atoms with E-state index in [0.29, 0.717) is 24.3 Å². The highest BCUT2D eigenvalue weighted by molar-refractivity contribution is 5.92. The summed E-state index contributed by atoms with van der Waals surface area (Å²) in [5, 5.41) is 0. The van der Waals surface area contributed by atoms with Gasteiger partial charge < -0.3 is 9.47 Å². The summed E-state index contributed by atoms with van der Waals surface area (Å²) in [5.41, 5.74) is 4.45. The lowest BCUT2D eigenvalue weighted by Crippen LogP contribution is -2.24. The highest BCUT2D eigenvalue weighted by Crippen LogP contribution is 2.35. The van der Waals surface area contributed by atoms with Gasteiger partial charge in [0.25, 0.3) is 0 Å². The Balaban J connectivity index is 2.42. The van der Waals surface area contributed by atoms with Crippen LogP contribution < -0.4 is 9.47 Å². The Kier molecular flexibility index (Phi) is 8.39. The molecule has 164 valence electrons. The summed E-state index contributed by atoms with van der Waals surface area (Å²) in [6.07, 6.45) is 0. The molecule has 0 spiro atoms. The van der Waals surface area contributed by atoms with Crippen molar-refractivity contribution in [1.29, 1.82) is 0 Å². The van der Waals surface area contributed by atoms with Crippen molar-refractivity contribution in [3.05, 3.63) is 57.6 Å². The van der Waals surface area contributed by atoms with Crippen molar-refractivity contribution in [1.82, 2.24) is 0 Å². The van der Waals surface area contributed by atoms with Crippen LogP contribution in [0.3, 0.4) is 0 Å². The van der Waals surface area contributed by atoms with E-state index >= 15 is 0 Å². The highest BCUT2D eigenvalue weighted by Gasteiger charge is 2.31. The number of benzene rings is 2. The second kappa shape index (κ2) is 10.6. The standard InChI is InChI=1S/C25H32F2O3/c1-7-29-24-15(3)9-19(10-16(24)4)21(13-26)23(28)22(14-27)20-11-17(5)25(30-8-2)18(6)12-20/h9-12,21-22H,7-8,13-14H2,1-6H3. The topological polar surface area (TPSA) is 35.5 Å². The molecule has 0 heterocycles. The molecule has 2 atom stereocenters. The van der Waals surface area contributed by atoms with Crippen LogP contribution in [-0.2, 0) is 4.79 Å². The van der Waals surface area contributed by atoms with Gasteiger partial charge in [0.2, 0.25) is 0 Å². The van der Waals surface area contributed by atoms with Crippen LogP contribution in [-0.4, -0.2) is 32.3 Å². The Morgan fingerprint density at radius 3 is 1.27 bits per heavy atom. The quantitative estimate of drug-likeness (QED) is 0.468. The summed E-state index contributed by atoms with van der Waals surface area (Å²) in [7, 11) is 0. The van der Waals surface area contributed by atoms with Crippen molar-refractivity contribution in [2.24, 2.45) is 0 Å². The van der Waals surface area contributed by atoms with Crippen LogP contribution in [0.25, 0.3) is 0 Å². The fraction of sp³-hybridized carbons (Fsp3) is 0.480. The smallest absolute Gasteiger partial charge is 0.153 e. The second-order valence-corrected chi connectivity index (χ2v) is 7.65. The largest absolute Gasteiger partial charge is 0.493 e. The van der Waals surface area contributed by atoms with Crippen molar-refractivity contribution < 1.29 is 23.0 Å². The van der Waals surface area contributed by atoms with Gasteiger partial charge in [-0.05, 0) is 74.9 Å². The minimum atomic E-state index is -1.02. The Morgan fingerprint density at radius 1 is 0.733 bits per heavy atom. The number of hydrogen-bond acceptors (Lipinski definition) is 3. The number of aryl methyl sites for hydroxylation is 4. The van der Waals surface area contributed by atoms with Gasteiger partial charge in [0.05, 0.1) is 25.0 Å². The summed E-state index contributed by atoms with van der Waals surface area (Å²) >= 11 is 0. The molecule has 0 N–H and O–H groups in total. The molecule has 30 heavy (non-hydrogen) atoms. The zero-order valence-corrected chi connectivity index (χ0v) is 18.8. The van der Waals surface area contributed by atoms with Gasteiger partial charge in [-0.3, -0.25) is 4.79 Å². The molecule has 0 saturated carbocycles. The summed E-state index contributed by atoms with van der Waals surface area (Å²) in [6.45, 7) is 10.6. The van der Waals surface area contributed by atoms with Crippen LogP contribution >= 0.6 is 0 Å². The molecule has 2 aromatic carbocycles. The number of halogens is 2. The highest BCUT2D eigenvalue weighted by atomic mass is 19.1. The summed E-state index contributed by atoms with van der Waals surface area (Å²) in [6, 6.07) is 7.07. The number of Topliss-reactive ketones (excluding diaryl/α,β-unsaturated/α-hetero) is 1. The second-order valence-electron chi connectivity index (χ2n) is 7.65. The number of ether oxygens (including phenoxy) is 2. The molecular weight excluding hydrogens is 386 g/mol. The third-order valence-electron chi connectivity index (χ3n) is 5.34. The molecule has 0 bridgehead atoms. The van der Waals surface area contributed by atoms with Gasteiger partial charge in [-0.1, -0.05) is 24.3 Å². The van der Waals surface area contributed by atoms with Crippen LogP contribution in [0.4, 0.5) is 8.78 Å². The number of carbonyl (C=O) groups is 1. The van der Waals surface area contributed by atoms with E-state index in [1.54, 1.807) is 24.3 Å². The van der Waals surface area contributed by atoms with Gasteiger partial charge >= 0.3 is 0 Å². The monoisotopic (exact) mass is 418 g/mol. The molecule has 0 aliphatic carbocycles. The van der Waals surface area contributed by atoms with Crippen molar-refractivity contribution in [2.75, 3.05) is 26.6 Å². The number of carbonyl (C=O) groups excluding carboxylic acids is 1. The van der Waals surface area contributed by atoms with Crippen LogP contribution in [0.15, 0.2) is 24.3 Å². The number of alkyl halides is 2. The van der Waals surface area contributed by atoms with Crippen molar-refractivity contribution >= 4 is 5.78 Å². The molecule has 2 rings (SSSR count). The van der Waals surface area contributed by atoms with Gasteiger partial charge in [-0.25, -0.2) is 8.78 Å². The van der Waals surface area contributed by atoms with Gasteiger partial charge in [-0.15, -0.1) is 0 Å². The SMILES string of the molecule is CCOc1c(C)cc(C(CF)C(=O)C(CF)c2cc(C)c(OCC)c(C)c2)cc1C. The number of rotatable bonds is 10. The Morgan fingerprint density at radius 2 is 1.03 bits per heavy atom. The Labute approximate surface area is 178 Å². The molecule has 0 aromatic heterocycles. The maximum absolute atomic E-state index is 14.0.